The molecule has 1 nitrogen and oxygen atoms in total. The lowest BCUT2D eigenvalue weighted by molar-refractivity contribution is 1.18. The first-order valence-electron chi connectivity index (χ1n) is 31.6. The normalized spacial score (nSPS) is 12.4. The summed E-state index contributed by atoms with van der Waals surface area (Å²) in [6.07, 6.45) is 0. The van der Waals surface area contributed by atoms with Crippen molar-refractivity contribution < 1.29 is 0 Å². The third-order valence-corrected chi connectivity index (χ3v) is 22.8. The van der Waals surface area contributed by atoms with E-state index >= 15 is 0 Å². The van der Waals surface area contributed by atoms with Crippen molar-refractivity contribution in [2.45, 2.75) is 0 Å². The maximum absolute atomic E-state index is 2.52. The largest absolute Gasteiger partial charge is 0.309 e. The van der Waals surface area contributed by atoms with E-state index in [0.29, 0.717) is 0 Å². The second-order valence-electron chi connectivity index (χ2n) is 24.7. The van der Waals surface area contributed by atoms with Gasteiger partial charge in [0.05, 0.1) is 20.6 Å². The second-order valence-corrected chi connectivity index (χ2v) is 27.6. The summed E-state index contributed by atoms with van der Waals surface area (Å²) in [4.78, 5) is 0. The number of hydrogen-bond acceptors (Lipinski definition) is 1. The number of fused-ring (bicyclic) bond motifs is 15. The quantitative estimate of drug-likeness (QED) is 0.106. The first kappa shape index (κ1) is 51.8. The lowest BCUT2D eigenvalue weighted by atomic mass is 9.92. The number of aromatic nitrogens is 1. The van der Waals surface area contributed by atoms with Gasteiger partial charge in [-0.2, -0.15) is 0 Å². The summed E-state index contributed by atoms with van der Waals surface area (Å²) >= 11 is 1.91. The van der Waals surface area contributed by atoms with E-state index in [2.05, 4.69) is 326 Å². The molecule has 0 atom stereocenters. The predicted octanol–water partition coefficient (Wildman–Crippen LogP) is 22.5. The van der Waals surface area contributed by atoms with Crippen LogP contribution in [0.3, 0.4) is 0 Å². The third-order valence-electron chi connectivity index (χ3n) is 19.6. The van der Waals surface area contributed by atoms with Crippen molar-refractivity contribution in [1.29, 1.82) is 0 Å². The first-order valence-corrected chi connectivity index (χ1v) is 33.8. The van der Waals surface area contributed by atoms with Gasteiger partial charge in [0.2, 0.25) is 0 Å². The molecule has 18 aromatic rings. The summed E-state index contributed by atoms with van der Waals surface area (Å²) in [5.41, 5.74) is 23.6. The lowest BCUT2D eigenvalue weighted by Gasteiger charge is -2.12. The molecule has 0 saturated carbocycles. The Bertz CT molecular complexity index is 5750. The third kappa shape index (κ3) is 8.50. The molecule has 0 aliphatic carbocycles. The predicted molar refractivity (Wildman–Crippen MR) is 395 cm³/mol. The highest BCUT2D eigenvalue weighted by Gasteiger charge is 2.23. The smallest absolute Gasteiger partial charge is 0.0892 e. The fraction of sp³-hybridized carbons (Fsp3) is 0. The molecule has 91 heavy (non-hydrogen) atoms. The summed E-state index contributed by atoms with van der Waals surface area (Å²) in [5, 5.41) is 18.4. The van der Waals surface area contributed by atoms with Gasteiger partial charge in [0.1, 0.15) is 0 Å². The molecule has 422 valence electrons. The molecule has 3 heterocycles. The summed E-state index contributed by atoms with van der Waals surface area (Å²) < 4.78 is 5.23. The average Bonchev–Trinajstić information content (AvgIpc) is 1.67. The maximum atomic E-state index is 2.52. The molecule has 0 saturated heterocycles. The molecule has 2 aromatic heterocycles. The van der Waals surface area contributed by atoms with Crippen LogP contribution in [0.5, 0.6) is 0 Å². The van der Waals surface area contributed by atoms with Crippen LogP contribution in [0.1, 0.15) is 0 Å². The Morgan fingerprint density at radius 2 is 0.615 bits per heavy atom. The highest BCUT2D eigenvalue weighted by atomic mass is 32.1. The van der Waals surface area contributed by atoms with Crippen LogP contribution in [0, 0.1) is 0 Å². The SMILES string of the molecule is c1ccc2c(c1)cc(-c1ccc(-c3ccc(-c4ccc5c(c4)c4cc(-c6ccc(-c7ccc(-c8cc9ccccc9c9ccccc89)cc7)cc6)ccc4n5-c4ccc5c(c4)[SiH2]c4cc(-c6cccc7c6sc6ccccc67)ccc4-5)cc3)cc1)c1ccccc12. The van der Waals surface area contributed by atoms with Gasteiger partial charge in [0, 0.05) is 36.6 Å². The van der Waals surface area contributed by atoms with Gasteiger partial charge in [-0.05, 0) is 187 Å². The van der Waals surface area contributed by atoms with E-state index in [9.17, 15) is 0 Å². The van der Waals surface area contributed by atoms with Crippen molar-refractivity contribution >= 4 is 116 Å². The summed E-state index contributed by atoms with van der Waals surface area (Å²) in [7, 11) is -0.772. The van der Waals surface area contributed by atoms with Crippen molar-refractivity contribution in [3.63, 3.8) is 0 Å². The molecular formula is C88H55NSSi. The molecule has 0 unspecified atom stereocenters. The monoisotopic (exact) mass is 1190 g/mol. The molecule has 1 aliphatic heterocycles. The highest BCUT2D eigenvalue weighted by molar-refractivity contribution is 7.26. The van der Waals surface area contributed by atoms with Gasteiger partial charge in [-0.1, -0.05) is 277 Å². The first-order chi connectivity index (χ1) is 45.1. The highest BCUT2D eigenvalue weighted by Crippen LogP contribution is 2.44. The van der Waals surface area contributed by atoms with E-state index in [1.807, 2.05) is 11.3 Å². The Balaban J connectivity index is 0.667. The molecule has 0 N–H and O–H groups in total. The van der Waals surface area contributed by atoms with Gasteiger partial charge in [-0.25, -0.2) is 0 Å². The van der Waals surface area contributed by atoms with Crippen LogP contribution in [-0.2, 0) is 0 Å². The van der Waals surface area contributed by atoms with Crippen molar-refractivity contribution in [2.75, 3.05) is 0 Å². The average molecular weight is 1190 g/mol. The van der Waals surface area contributed by atoms with Gasteiger partial charge in [0.25, 0.3) is 0 Å². The number of nitrogens with zero attached hydrogens (tertiary/aromatic N) is 1. The van der Waals surface area contributed by atoms with E-state index in [-0.39, 0.29) is 0 Å². The molecule has 3 heteroatoms. The van der Waals surface area contributed by atoms with E-state index in [1.54, 1.807) is 0 Å². The molecule has 19 rings (SSSR count). The minimum absolute atomic E-state index is 0.772. The zero-order valence-electron chi connectivity index (χ0n) is 49.7. The van der Waals surface area contributed by atoms with Crippen molar-refractivity contribution in [2.24, 2.45) is 0 Å². The van der Waals surface area contributed by atoms with Crippen LogP contribution >= 0.6 is 11.3 Å². The molecule has 0 radical (unpaired) electrons. The van der Waals surface area contributed by atoms with Gasteiger partial charge >= 0.3 is 0 Å². The summed E-state index contributed by atoms with van der Waals surface area (Å²) in [5.74, 6) is 0. The van der Waals surface area contributed by atoms with Gasteiger partial charge in [0.15, 0.2) is 0 Å². The zero-order chi connectivity index (χ0) is 59.7. The Labute approximate surface area is 533 Å². The minimum Gasteiger partial charge on any atom is -0.309 e. The topological polar surface area (TPSA) is 4.93 Å². The maximum Gasteiger partial charge on any atom is 0.0892 e. The number of benzene rings is 16. The lowest BCUT2D eigenvalue weighted by Crippen LogP contribution is -2.21. The van der Waals surface area contributed by atoms with Crippen molar-refractivity contribution in [3.05, 3.63) is 322 Å². The van der Waals surface area contributed by atoms with E-state index in [0.717, 1.165) is 0 Å². The van der Waals surface area contributed by atoms with Gasteiger partial charge in [-0.15, -0.1) is 11.3 Å². The Hall–Kier alpha value is -11.2. The summed E-state index contributed by atoms with van der Waals surface area (Å²) in [6, 6.07) is 121. The van der Waals surface area contributed by atoms with Crippen LogP contribution in [-0.4, -0.2) is 14.1 Å². The van der Waals surface area contributed by atoms with Crippen LogP contribution < -0.4 is 10.4 Å². The fourth-order valence-corrected chi connectivity index (χ4v) is 18.4. The van der Waals surface area contributed by atoms with E-state index < -0.39 is 9.52 Å². The molecular weight excluding hydrogens is 1130 g/mol. The number of thiophene rings is 1. The molecule has 0 amide bonds. The van der Waals surface area contributed by atoms with Crippen LogP contribution in [0.15, 0.2) is 322 Å². The molecule has 1 aliphatic rings. The van der Waals surface area contributed by atoms with Gasteiger partial charge < -0.3 is 4.57 Å². The summed E-state index contributed by atoms with van der Waals surface area (Å²) in [6.45, 7) is 0. The van der Waals surface area contributed by atoms with Crippen LogP contribution in [0.25, 0.3) is 180 Å². The fourth-order valence-electron chi connectivity index (χ4n) is 15.1. The van der Waals surface area contributed by atoms with Crippen LogP contribution in [0.2, 0.25) is 0 Å². The van der Waals surface area contributed by atoms with Gasteiger partial charge in [-0.3, -0.25) is 0 Å². The molecule has 0 fully saturated rings. The zero-order valence-corrected chi connectivity index (χ0v) is 51.9. The Morgan fingerprint density at radius 1 is 0.220 bits per heavy atom. The molecule has 0 spiro atoms. The van der Waals surface area contributed by atoms with E-state index in [4.69, 9.17) is 0 Å². The minimum atomic E-state index is -0.772. The second kappa shape index (κ2) is 20.7. The van der Waals surface area contributed by atoms with E-state index in [1.165, 1.54) is 190 Å². The van der Waals surface area contributed by atoms with Crippen molar-refractivity contribution in [1.82, 2.24) is 4.57 Å². The Morgan fingerprint density at radius 3 is 1.14 bits per heavy atom. The number of rotatable bonds is 8. The van der Waals surface area contributed by atoms with Crippen LogP contribution in [0.4, 0.5) is 0 Å². The standard InChI is InChI=1S/C88H55NSSi/c1-3-14-68-64(12-1)50-79(73-18-7-5-16-71(68)73)60-36-32-56(33-37-60)54-24-28-58(29-25-54)62-41-46-83-81(48-62)82-49-63(59-30-26-55(27-31-59)57-34-38-61(39-35-57)80-51-65-13-2-4-15-69(65)72-17-6-8-19-74(72)80)42-47-84(82)89(83)67-43-45-77-76-44-40-66(52-86(76)91-87(77)53-67)70-21-11-22-78-75-20-9-10-23-85(75)90-88(70)78/h1-53H,91H2. The molecule has 16 aromatic carbocycles. The number of hydrogen-bond donors (Lipinski definition) is 0. The Kier molecular flexibility index (Phi) is 11.8. The van der Waals surface area contributed by atoms with Crippen molar-refractivity contribution in [3.8, 4) is 94.7 Å². The molecule has 0 bridgehead atoms.